The van der Waals surface area contributed by atoms with Crippen LogP contribution in [0.25, 0.3) is 21.2 Å². The number of ether oxygens (including phenoxy) is 1. The molecular weight excluding hydrogens is 260 g/mol. The van der Waals surface area contributed by atoms with Gasteiger partial charge in [0.2, 0.25) is 0 Å². The third-order valence-corrected chi connectivity index (χ3v) is 3.72. The van der Waals surface area contributed by atoms with Gasteiger partial charge in [0.1, 0.15) is 16.8 Å². The van der Waals surface area contributed by atoms with E-state index in [0.29, 0.717) is 5.19 Å². The molecule has 0 aliphatic rings. The Morgan fingerprint density at radius 3 is 3.11 bits per heavy atom. The lowest BCUT2D eigenvalue weighted by Gasteiger charge is -2.00. The van der Waals surface area contributed by atoms with E-state index >= 15 is 0 Å². The molecule has 0 amide bonds. The molecule has 4 rings (SSSR count). The van der Waals surface area contributed by atoms with E-state index in [1.54, 1.807) is 18.7 Å². The first kappa shape index (κ1) is 10.5. The number of thiazole rings is 1. The molecule has 0 saturated heterocycles. The maximum absolute atomic E-state index is 5.76. The van der Waals surface area contributed by atoms with Crippen LogP contribution in [-0.2, 0) is 0 Å². The fraction of sp³-hybridized carbons (Fsp3) is 0. The molecular formula is C14H8N2O2S. The molecule has 3 aromatic heterocycles. The van der Waals surface area contributed by atoms with Gasteiger partial charge in [-0.15, -0.1) is 0 Å². The van der Waals surface area contributed by atoms with Crippen molar-refractivity contribution in [2.45, 2.75) is 0 Å². The minimum absolute atomic E-state index is 0.605. The molecule has 0 aliphatic carbocycles. The Morgan fingerprint density at radius 1 is 1.16 bits per heavy atom. The van der Waals surface area contributed by atoms with Gasteiger partial charge >= 0.3 is 0 Å². The van der Waals surface area contributed by atoms with E-state index in [1.807, 2.05) is 30.3 Å². The summed E-state index contributed by atoms with van der Waals surface area (Å²) >= 11 is 1.50. The van der Waals surface area contributed by atoms with Gasteiger partial charge in [-0.25, -0.2) is 4.98 Å². The van der Waals surface area contributed by atoms with Crippen molar-refractivity contribution in [3.8, 4) is 10.9 Å². The summed E-state index contributed by atoms with van der Waals surface area (Å²) < 4.78 is 12.2. The van der Waals surface area contributed by atoms with E-state index in [1.165, 1.54) is 11.3 Å². The molecule has 4 aromatic rings. The van der Waals surface area contributed by atoms with E-state index in [9.17, 15) is 0 Å². The molecule has 0 radical (unpaired) electrons. The highest BCUT2D eigenvalue weighted by atomic mass is 32.1. The quantitative estimate of drug-likeness (QED) is 0.546. The van der Waals surface area contributed by atoms with E-state index < -0.39 is 0 Å². The number of furan rings is 1. The van der Waals surface area contributed by atoms with Crippen LogP contribution in [-0.4, -0.2) is 9.97 Å². The van der Waals surface area contributed by atoms with Crippen molar-refractivity contribution in [2.75, 3.05) is 0 Å². The average molecular weight is 268 g/mol. The number of pyridine rings is 1. The molecule has 0 saturated carbocycles. The van der Waals surface area contributed by atoms with Gasteiger partial charge < -0.3 is 9.15 Å². The Balaban J connectivity index is 1.72. The summed E-state index contributed by atoms with van der Waals surface area (Å²) in [6.07, 6.45) is 5.14. The molecule has 0 atom stereocenters. The summed E-state index contributed by atoms with van der Waals surface area (Å²) in [6, 6.07) is 9.57. The van der Waals surface area contributed by atoms with Gasteiger partial charge in [-0.05, 0) is 24.3 Å². The zero-order valence-corrected chi connectivity index (χ0v) is 10.6. The molecule has 3 heterocycles. The standard InChI is InChI=1S/C14H8N2O2S/c1-2-10(7-12-9(1)4-6-17-12)18-14-16-11-8-15-5-3-13(11)19-14/h1-8H. The van der Waals surface area contributed by atoms with Gasteiger partial charge in [-0.3, -0.25) is 4.98 Å². The first-order chi connectivity index (χ1) is 9.38. The van der Waals surface area contributed by atoms with Crippen molar-refractivity contribution in [2.24, 2.45) is 0 Å². The second-order valence-electron chi connectivity index (χ2n) is 4.05. The third kappa shape index (κ3) is 1.84. The Bertz CT molecular complexity index is 833. The van der Waals surface area contributed by atoms with Gasteiger partial charge in [0.25, 0.3) is 5.19 Å². The topological polar surface area (TPSA) is 48.2 Å². The first-order valence-corrected chi connectivity index (χ1v) is 6.56. The molecule has 0 aliphatic heterocycles. The number of nitrogens with zero attached hydrogens (tertiary/aromatic N) is 2. The number of hydrogen-bond acceptors (Lipinski definition) is 5. The van der Waals surface area contributed by atoms with Crippen molar-refractivity contribution in [1.82, 2.24) is 9.97 Å². The fourth-order valence-electron chi connectivity index (χ4n) is 1.90. The van der Waals surface area contributed by atoms with Crippen molar-refractivity contribution < 1.29 is 9.15 Å². The van der Waals surface area contributed by atoms with E-state index in [0.717, 1.165) is 26.9 Å². The Kier molecular flexibility index (Phi) is 2.25. The smallest absolute Gasteiger partial charge is 0.279 e. The number of rotatable bonds is 2. The number of benzene rings is 1. The molecule has 19 heavy (non-hydrogen) atoms. The molecule has 0 N–H and O–H groups in total. The Morgan fingerprint density at radius 2 is 2.16 bits per heavy atom. The van der Waals surface area contributed by atoms with E-state index in [2.05, 4.69) is 9.97 Å². The normalized spacial score (nSPS) is 11.2. The van der Waals surface area contributed by atoms with Gasteiger partial charge in [-0.1, -0.05) is 11.3 Å². The summed E-state index contributed by atoms with van der Waals surface area (Å²) in [5.41, 5.74) is 1.65. The molecule has 0 spiro atoms. The predicted octanol–water partition coefficient (Wildman–Crippen LogP) is 4.23. The first-order valence-electron chi connectivity index (χ1n) is 5.74. The second-order valence-corrected chi connectivity index (χ2v) is 5.04. The van der Waals surface area contributed by atoms with Gasteiger partial charge in [0.15, 0.2) is 0 Å². The van der Waals surface area contributed by atoms with Crippen LogP contribution >= 0.6 is 11.3 Å². The highest BCUT2D eigenvalue weighted by molar-refractivity contribution is 7.20. The van der Waals surface area contributed by atoms with Crippen LogP contribution in [0.5, 0.6) is 10.9 Å². The van der Waals surface area contributed by atoms with Crippen molar-refractivity contribution in [3.63, 3.8) is 0 Å². The SMILES string of the molecule is c1cc2sc(Oc3ccc4ccoc4c3)nc2cn1. The molecule has 92 valence electrons. The van der Waals surface area contributed by atoms with Crippen LogP contribution in [0.1, 0.15) is 0 Å². The fourth-order valence-corrected chi connectivity index (χ4v) is 2.70. The lowest BCUT2D eigenvalue weighted by atomic mass is 10.2. The predicted molar refractivity (Wildman–Crippen MR) is 73.7 cm³/mol. The summed E-state index contributed by atoms with van der Waals surface area (Å²) in [5.74, 6) is 0.717. The summed E-state index contributed by atoms with van der Waals surface area (Å²) in [4.78, 5) is 8.42. The third-order valence-electron chi connectivity index (χ3n) is 2.80. The van der Waals surface area contributed by atoms with Crippen LogP contribution in [0.4, 0.5) is 0 Å². The van der Waals surface area contributed by atoms with Crippen LogP contribution in [0.2, 0.25) is 0 Å². The van der Waals surface area contributed by atoms with Gasteiger partial charge in [0.05, 0.1) is 17.2 Å². The van der Waals surface area contributed by atoms with Crippen molar-refractivity contribution in [1.29, 1.82) is 0 Å². The Hall–Kier alpha value is -2.40. The van der Waals surface area contributed by atoms with E-state index in [-0.39, 0.29) is 0 Å². The minimum Gasteiger partial charge on any atom is -0.464 e. The minimum atomic E-state index is 0.605. The van der Waals surface area contributed by atoms with Gasteiger partial charge in [0, 0.05) is 17.6 Å². The monoisotopic (exact) mass is 268 g/mol. The highest BCUT2D eigenvalue weighted by Gasteiger charge is 2.07. The summed E-state index contributed by atoms with van der Waals surface area (Å²) in [7, 11) is 0. The highest BCUT2D eigenvalue weighted by Crippen LogP contribution is 2.32. The maximum atomic E-state index is 5.76. The molecule has 4 nitrogen and oxygen atoms in total. The zero-order chi connectivity index (χ0) is 12.7. The number of aromatic nitrogens is 2. The van der Waals surface area contributed by atoms with Crippen molar-refractivity contribution >= 4 is 32.5 Å². The molecule has 1 aromatic carbocycles. The lowest BCUT2D eigenvalue weighted by molar-refractivity contribution is 0.479. The maximum Gasteiger partial charge on any atom is 0.279 e. The zero-order valence-electron chi connectivity index (χ0n) is 9.74. The molecule has 0 fully saturated rings. The number of fused-ring (bicyclic) bond motifs is 2. The van der Waals surface area contributed by atoms with Gasteiger partial charge in [-0.2, -0.15) is 0 Å². The summed E-state index contributed by atoms with van der Waals surface area (Å²) in [5, 5.41) is 1.66. The summed E-state index contributed by atoms with van der Waals surface area (Å²) in [6.45, 7) is 0. The van der Waals surface area contributed by atoms with Crippen LogP contribution < -0.4 is 4.74 Å². The average Bonchev–Trinajstić information content (AvgIpc) is 3.03. The second kappa shape index (κ2) is 4.07. The van der Waals surface area contributed by atoms with Crippen LogP contribution in [0.15, 0.2) is 53.4 Å². The molecule has 0 bridgehead atoms. The Labute approximate surface area is 112 Å². The van der Waals surface area contributed by atoms with E-state index in [4.69, 9.17) is 9.15 Å². The van der Waals surface area contributed by atoms with Crippen LogP contribution in [0, 0.1) is 0 Å². The number of hydrogen-bond donors (Lipinski definition) is 0. The molecule has 0 unspecified atom stereocenters. The van der Waals surface area contributed by atoms with Crippen LogP contribution in [0.3, 0.4) is 0 Å². The largest absolute Gasteiger partial charge is 0.464 e. The molecule has 5 heteroatoms. The lowest BCUT2D eigenvalue weighted by Crippen LogP contribution is -1.82. The van der Waals surface area contributed by atoms with Crippen molar-refractivity contribution in [3.05, 3.63) is 49.0 Å².